The number of nitrogens with one attached hydrogen (secondary N) is 1. The van der Waals surface area contributed by atoms with Crippen molar-refractivity contribution < 1.29 is 0 Å². The van der Waals surface area contributed by atoms with Gasteiger partial charge in [-0.2, -0.15) is 0 Å². The second-order valence-electron chi connectivity index (χ2n) is 7.26. The van der Waals surface area contributed by atoms with Gasteiger partial charge in [0.05, 0.1) is 5.52 Å². The summed E-state index contributed by atoms with van der Waals surface area (Å²) in [5, 5.41) is 5.55. The molecule has 1 aliphatic rings. The average Bonchev–Trinajstić information content (AvgIpc) is 2.83. The molecule has 0 saturated heterocycles. The van der Waals surface area contributed by atoms with Gasteiger partial charge in [-0.15, -0.1) is 0 Å². The molecule has 1 aromatic heterocycles. The number of nitrogens with zero attached hydrogens (tertiary/aromatic N) is 2. The van der Waals surface area contributed by atoms with Crippen LogP contribution in [0.15, 0.2) is 30.5 Å². The number of pyridine rings is 1. The largest absolute Gasteiger partial charge is 0.384 e. The van der Waals surface area contributed by atoms with Crippen molar-refractivity contribution in [1.82, 2.24) is 9.88 Å². The summed E-state index contributed by atoms with van der Waals surface area (Å²) in [6.45, 7) is 4.60. The lowest BCUT2D eigenvalue weighted by Gasteiger charge is -2.24. The van der Waals surface area contributed by atoms with E-state index in [9.17, 15) is 0 Å². The fourth-order valence-corrected chi connectivity index (χ4v) is 4.14. The molecule has 0 bridgehead atoms. The van der Waals surface area contributed by atoms with Crippen LogP contribution in [0.2, 0.25) is 5.02 Å². The number of halogens is 1. The van der Waals surface area contributed by atoms with E-state index in [1.807, 2.05) is 18.3 Å². The smallest absolute Gasteiger partial charge is 0.0737 e. The van der Waals surface area contributed by atoms with E-state index in [0.717, 1.165) is 45.9 Å². The van der Waals surface area contributed by atoms with Crippen LogP contribution in [0.1, 0.15) is 19.8 Å². The van der Waals surface area contributed by atoms with Crippen LogP contribution in [-0.2, 0) is 0 Å². The van der Waals surface area contributed by atoms with Gasteiger partial charge in [-0.05, 0) is 69.0 Å². The Balaban J connectivity index is 1.72. The van der Waals surface area contributed by atoms with Crippen molar-refractivity contribution in [2.75, 3.05) is 32.5 Å². The maximum atomic E-state index is 6.07. The summed E-state index contributed by atoms with van der Waals surface area (Å²) in [6.07, 6.45) is 4.52. The minimum absolute atomic E-state index is 0.734. The number of rotatable bonds is 5. The second-order valence-corrected chi connectivity index (χ2v) is 7.70. The van der Waals surface area contributed by atoms with E-state index in [-0.39, 0.29) is 0 Å². The van der Waals surface area contributed by atoms with E-state index in [4.69, 9.17) is 11.6 Å². The van der Waals surface area contributed by atoms with Gasteiger partial charge >= 0.3 is 0 Å². The molecule has 0 aliphatic heterocycles. The van der Waals surface area contributed by atoms with Gasteiger partial charge in [0, 0.05) is 35.4 Å². The van der Waals surface area contributed by atoms with Crippen LogP contribution in [0.5, 0.6) is 0 Å². The molecule has 3 nitrogen and oxygen atoms in total. The van der Waals surface area contributed by atoms with Gasteiger partial charge in [-0.1, -0.05) is 18.5 Å². The van der Waals surface area contributed by atoms with Gasteiger partial charge in [0.1, 0.15) is 0 Å². The van der Waals surface area contributed by atoms with Crippen molar-refractivity contribution in [3.8, 4) is 0 Å². The molecule has 1 aromatic carbocycles. The molecule has 0 spiro atoms. The molecule has 124 valence electrons. The van der Waals surface area contributed by atoms with Crippen molar-refractivity contribution in [1.29, 1.82) is 0 Å². The van der Waals surface area contributed by atoms with E-state index in [1.165, 1.54) is 19.4 Å². The summed E-state index contributed by atoms with van der Waals surface area (Å²) in [6, 6.07) is 7.98. The van der Waals surface area contributed by atoms with Gasteiger partial charge < -0.3 is 10.2 Å². The van der Waals surface area contributed by atoms with E-state index in [2.05, 4.69) is 48.4 Å². The quantitative estimate of drug-likeness (QED) is 0.872. The molecule has 1 heterocycles. The lowest BCUT2D eigenvalue weighted by Crippen LogP contribution is -2.27. The summed E-state index contributed by atoms with van der Waals surface area (Å²) in [5.74, 6) is 2.36. The number of anilines is 1. The third kappa shape index (κ3) is 3.96. The fourth-order valence-electron chi connectivity index (χ4n) is 3.97. The summed E-state index contributed by atoms with van der Waals surface area (Å²) in [4.78, 5) is 6.74. The minimum atomic E-state index is 0.734. The monoisotopic (exact) mass is 331 g/mol. The fraction of sp³-hybridized carbons (Fsp3) is 0.526. The third-order valence-corrected chi connectivity index (χ3v) is 5.17. The van der Waals surface area contributed by atoms with Crippen LogP contribution in [0.3, 0.4) is 0 Å². The van der Waals surface area contributed by atoms with Crippen molar-refractivity contribution in [3.05, 3.63) is 35.5 Å². The van der Waals surface area contributed by atoms with E-state index >= 15 is 0 Å². The number of hydrogen-bond donors (Lipinski definition) is 1. The molecular formula is C19H26ClN3. The average molecular weight is 332 g/mol. The molecular weight excluding hydrogens is 306 g/mol. The van der Waals surface area contributed by atoms with Gasteiger partial charge in [-0.3, -0.25) is 4.98 Å². The van der Waals surface area contributed by atoms with Crippen LogP contribution >= 0.6 is 11.6 Å². The molecule has 2 aromatic rings. The second kappa shape index (κ2) is 7.06. The predicted octanol–water partition coefficient (Wildman–Crippen LogP) is 4.52. The number of aromatic nitrogens is 1. The standard InChI is InChI=1S/C19H26ClN3/c1-13-8-14(15(9-13)12-23(2)3)11-22-18-6-7-21-19-10-16(20)4-5-17(18)19/h4-7,10,13-15H,8-9,11-12H2,1-3H3,(H,21,22). The van der Waals surface area contributed by atoms with Crippen molar-refractivity contribution in [2.24, 2.45) is 17.8 Å². The molecule has 3 atom stereocenters. The van der Waals surface area contributed by atoms with E-state index < -0.39 is 0 Å². The van der Waals surface area contributed by atoms with Gasteiger partial charge in [0.25, 0.3) is 0 Å². The Bertz CT molecular complexity index is 671. The molecule has 0 radical (unpaired) electrons. The van der Waals surface area contributed by atoms with Crippen LogP contribution in [0.25, 0.3) is 10.9 Å². The zero-order valence-corrected chi connectivity index (χ0v) is 15.0. The minimum Gasteiger partial charge on any atom is -0.384 e. The third-order valence-electron chi connectivity index (χ3n) is 4.94. The summed E-state index contributed by atoms with van der Waals surface area (Å²) in [7, 11) is 4.35. The first kappa shape index (κ1) is 16.5. The van der Waals surface area contributed by atoms with Crippen LogP contribution in [-0.4, -0.2) is 37.1 Å². The number of benzene rings is 1. The normalized spacial score (nSPS) is 24.5. The molecule has 1 N–H and O–H groups in total. The Morgan fingerprint density at radius 1 is 1.22 bits per heavy atom. The predicted molar refractivity (Wildman–Crippen MR) is 99.2 cm³/mol. The first-order chi connectivity index (χ1) is 11.0. The molecule has 1 aliphatic carbocycles. The van der Waals surface area contributed by atoms with E-state index in [1.54, 1.807) is 0 Å². The first-order valence-electron chi connectivity index (χ1n) is 8.46. The summed E-state index contributed by atoms with van der Waals surface area (Å²) < 4.78 is 0. The Kier molecular flexibility index (Phi) is 5.08. The Morgan fingerprint density at radius 2 is 2.00 bits per heavy atom. The molecule has 4 heteroatoms. The van der Waals surface area contributed by atoms with Crippen molar-refractivity contribution >= 4 is 28.2 Å². The maximum absolute atomic E-state index is 6.07. The molecule has 3 unspecified atom stereocenters. The van der Waals surface area contributed by atoms with Crippen LogP contribution in [0, 0.1) is 17.8 Å². The highest BCUT2D eigenvalue weighted by molar-refractivity contribution is 6.31. The highest BCUT2D eigenvalue weighted by Crippen LogP contribution is 2.37. The lowest BCUT2D eigenvalue weighted by molar-refractivity contribution is 0.280. The maximum Gasteiger partial charge on any atom is 0.0737 e. The van der Waals surface area contributed by atoms with Gasteiger partial charge in [-0.25, -0.2) is 0 Å². The highest BCUT2D eigenvalue weighted by Gasteiger charge is 2.31. The zero-order valence-electron chi connectivity index (χ0n) is 14.2. The first-order valence-corrected chi connectivity index (χ1v) is 8.83. The molecule has 3 rings (SSSR count). The number of fused-ring (bicyclic) bond motifs is 1. The molecule has 23 heavy (non-hydrogen) atoms. The van der Waals surface area contributed by atoms with Gasteiger partial charge in [0.2, 0.25) is 0 Å². The Hall–Kier alpha value is -1.32. The number of hydrogen-bond acceptors (Lipinski definition) is 3. The van der Waals surface area contributed by atoms with Crippen molar-refractivity contribution in [3.63, 3.8) is 0 Å². The molecule has 0 amide bonds. The SMILES string of the molecule is CC1CC(CNc2ccnc3cc(Cl)ccc23)C(CN(C)C)C1. The van der Waals surface area contributed by atoms with Crippen molar-refractivity contribution in [2.45, 2.75) is 19.8 Å². The highest BCUT2D eigenvalue weighted by atomic mass is 35.5. The molecule has 1 saturated carbocycles. The lowest BCUT2D eigenvalue weighted by atomic mass is 9.95. The van der Waals surface area contributed by atoms with E-state index in [0.29, 0.717) is 0 Å². The van der Waals surface area contributed by atoms with Gasteiger partial charge in [0.15, 0.2) is 0 Å². The zero-order chi connectivity index (χ0) is 16.4. The van der Waals surface area contributed by atoms with Crippen LogP contribution in [0.4, 0.5) is 5.69 Å². The van der Waals surface area contributed by atoms with Crippen LogP contribution < -0.4 is 5.32 Å². The Morgan fingerprint density at radius 3 is 2.78 bits per heavy atom. The topological polar surface area (TPSA) is 28.2 Å². The Labute approximate surface area is 144 Å². The molecule has 1 fully saturated rings. The summed E-state index contributed by atoms with van der Waals surface area (Å²) in [5.41, 5.74) is 2.11. The summed E-state index contributed by atoms with van der Waals surface area (Å²) >= 11 is 6.07.